The van der Waals surface area contributed by atoms with Gasteiger partial charge in [0.15, 0.2) is 5.78 Å². The minimum absolute atomic E-state index is 0.0675. The highest BCUT2D eigenvalue weighted by atomic mass is 35.5. The van der Waals surface area contributed by atoms with Gasteiger partial charge in [0, 0.05) is 42.1 Å². The number of primary amides is 1. The van der Waals surface area contributed by atoms with Gasteiger partial charge in [-0.2, -0.15) is 0 Å². The predicted molar refractivity (Wildman–Crippen MR) is 175 cm³/mol. The number of carbonyl (C=O) groups is 5. The summed E-state index contributed by atoms with van der Waals surface area (Å²) in [5.74, 6) is -2.61. The van der Waals surface area contributed by atoms with E-state index in [1.807, 2.05) is 42.5 Å². The third-order valence-electron chi connectivity index (χ3n) is 7.76. The maximum atomic E-state index is 13.7. The summed E-state index contributed by atoms with van der Waals surface area (Å²) >= 11 is 6.93. The molecule has 1 aliphatic rings. The summed E-state index contributed by atoms with van der Waals surface area (Å²) in [6, 6.07) is 17.0. The lowest BCUT2D eigenvalue weighted by atomic mass is 9.98. The topological polar surface area (TPSA) is 159 Å². The second kappa shape index (κ2) is 16.4. The molecule has 45 heavy (non-hydrogen) atoms. The number of aliphatic hydroxyl groups is 1. The predicted octanol–water partition coefficient (Wildman–Crippen LogP) is 3.22. The van der Waals surface area contributed by atoms with Crippen molar-refractivity contribution >= 4 is 63.5 Å². The van der Waals surface area contributed by atoms with Gasteiger partial charge in [-0.1, -0.05) is 54.1 Å². The lowest BCUT2D eigenvalue weighted by Crippen LogP contribution is -2.60. The number of aliphatic hydroxyl groups excluding tert-OH is 1. The van der Waals surface area contributed by atoms with E-state index in [9.17, 15) is 29.1 Å². The zero-order valence-corrected chi connectivity index (χ0v) is 26.3. The Morgan fingerprint density at radius 3 is 2.38 bits per heavy atom. The van der Waals surface area contributed by atoms with Crippen LogP contribution in [-0.4, -0.2) is 75.8 Å². The summed E-state index contributed by atoms with van der Waals surface area (Å²) in [6.45, 7) is 0.286. The van der Waals surface area contributed by atoms with Crippen LogP contribution in [0, 0.1) is 0 Å². The Labute approximate surface area is 271 Å². The summed E-state index contributed by atoms with van der Waals surface area (Å²) < 4.78 is 0. The maximum absolute atomic E-state index is 13.7. The van der Waals surface area contributed by atoms with Crippen LogP contribution in [0.5, 0.6) is 0 Å². The highest BCUT2D eigenvalue weighted by Crippen LogP contribution is 2.21. The van der Waals surface area contributed by atoms with Crippen molar-refractivity contribution in [1.82, 2.24) is 15.5 Å². The maximum Gasteiger partial charge on any atom is 0.246 e. The van der Waals surface area contributed by atoms with Crippen molar-refractivity contribution in [3.63, 3.8) is 0 Å². The van der Waals surface area contributed by atoms with E-state index in [0.29, 0.717) is 29.8 Å². The number of piperidine rings is 1. The number of carbonyl (C=O) groups excluding carboxylic acids is 5. The fraction of sp³-hybridized carbons (Fsp3) is 0.364. The van der Waals surface area contributed by atoms with Gasteiger partial charge in [0.25, 0.3) is 0 Å². The second-order valence-electron chi connectivity index (χ2n) is 10.9. The van der Waals surface area contributed by atoms with Crippen LogP contribution in [0.2, 0.25) is 5.02 Å². The molecule has 0 unspecified atom stereocenters. The molecule has 1 heterocycles. The van der Waals surface area contributed by atoms with Gasteiger partial charge < -0.3 is 26.4 Å². The van der Waals surface area contributed by atoms with Gasteiger partial charge in [0.2, 0.25) is 23.6 Å². The highest BCUT2D eigenvalue weighted by Gasteiger charge is 2.37. The van der Waals surface area contributed by atoms with Crippen LogP contribution >= 0.6 is 23.4 Å². The minimum atomic E-state index is -1.03. The van der Waals surface area contributed by atoms with Crippen LogP contribution in [0.1, 0.15) is 48.0 Å². The van der Waals surface area contributed by atoms with Crippen molar-refractivity contribution in [2.45, 2.75) is 56.7 Å². The zero-order valence-electron chi connectivity index (χ0n) is 24.7. The number of nitrogens with two attached hydrogens (primary N) is 1. The molecule has 4 amide bonds. The monoisotopic (exact) mass is 652 g/mol. The summed E-state index contributed by atoms with van der Waals surface area (Å²) in [7, 11) is 0. The number of thioether (sulfide) groups is 1. The number of ketones is 1. The van der Waals surface area contributed by atoms with Crippen molar-refractivity contribution in [3.8, 4) is 0 Å². The van der Waals surface area contributed by atoms with E-state index in [2.05, 4.69) is 10.6 Å². The Hall–Kier alpha value is -3.93. The second-order valence-corrected chi connectivity index (χ2v) is 12.4. The molecule has 238 valence electrons. The third kappa shape index (κ3) is 9.53. The van der Waals surface area contributed by atoms with Crippen molar-refractivity contribution in [1.29, 1.82) is 0 Å². The molecule has 5 N–H and O–H groups in total. The Kier molecular flexibility index (Phi) is 12.4. The normalized spacial score (nSPS) is 16.0. The number of rotatable bonds is 14. The lowest BCUT2D eigenvalue weighted by Gasteiger charge is -2.37. The Morgan fingerprint density at radius 2 is 1.67 bits per heavy atom. The van der Waals surface area contributed by atoms with Crippen molar-refractivity contribution in [2.75, 3.05) is 18.2 Å². The smallest absolute Gasteiger partial charge is 0.246 e. The van der Waals surface area contributed by atoms with Crippen LogP contribution in [0.3, 0.4) is 0 Å². The fourth-order valence-electron chi connectivity index (χ4n) is 5.38. The molecule has 4 rings (SSSR count). The van der Waals surface area contributed by atoms with Crippen molar-refractivity contribution < 1.29 is 29.1 Å². The molecular weight excluding hydrogens is 616 g/mol. The fourth-order valence-corrected chi connectivity index (χ4v) is 6.07. The zero-order chi connectivity index (χ0) is 32.3. The summed E-state index contributed by atoms with van der Waals surface area (Å²) in [5, 5.41) is 17.4. The number of nitrogens with one attached hydrogen (secondary N) is 2. The average Bonchev–Trinajstić information content (AvgIpc) is 3.05. The minimum Gasteiger partial charge on any atom is -0.386 e. The third-order valence-corrected chi connectivity index (χ3v) is 8.76. The standard InChI is InChI=1S/C33H37ClN4O6S/c34-25-12-10-23(11-13-25)29(40)14-15-30(41)36-27(19-45-20-39)33(44)38-16-4-3-7-28(38)32(43)37-26(31(35)42)18-21-8-9-22-5-1-2-6-24(22)17-21/h1-2,5-6,8-13,17,26-28,39H,3-4,7,14-16,18-20H2,(H2,35,42)(H,36,41)(H,37,43)/t26-,27-,28-/m0/s1. The number of fused-ring (bicyclic) bond motifs is 1. The molecule has 3 atom stereocenters. The molecule has 3 aromatic rings. The molecule has 1 aliphatic heterocycles. The molecule has 0 spiro atoms. The first-order chi connectivity index (χ1) is 21.7. The summed E-state index contributed by atoms with van der Waals surface area (Å²) in [5.41, 5.74) is 6.93. The Balaban J connectivity index is 1.41. The average molecular weight is 653 g/mol. The quantitative estimate of drug-likeness (QED) is 0.154. The first kappa shape index (κ1) is 34.0. The Bertz CT molecular complexity index is 1540. The van der Waals surface area contributed by atoms with E-state index in [1.54, 1.807) is 24.3 Å². The number of Topliss-reactive ketones (excluding diaryl/α,β-unsaturated/α-hetero) is 1. The molecule has 10 nitrogen and oxygen atoms in total. The van der Waals surface area contributed by atoms with Gasteiger partial charge in [-0.15, -0.1) is 11.8 Å². The molecular formula is C33H37ClN4O6S. The van der Waals surface area contributed by atoms with E-state index in [4.69, 9.17) is 17.3 Å². The van der Waals surface area contributed by atoms with E-state index in [1.165, 1.54) is 4.90 Å². The van der Waals surface area contributed by atoms with Crippen LogP contribution in [0.25, 0.3) is 10.8 Å². The van der Waals surface area contributed by atoms with Crippen LogP contribution in [-0.2, 0) is 25.6 Å². The number of benzene rings is 3. The number of likely N-dealkylation sites (tertiary alicyclic amines) is 1. The number of halogens is 1. The van der Waals surface area contributed by atoms with Crippen LogP contribution < -0.4 is 16.4 Å². The van der Waals surface area contributed by atoms with Gasteiger partial charge in [-0.05, 0) is 59.9 Å². The summed E-state index contributed by atoms with van der Waals surface area (Å²) in [4.78, 5) is 66.4. The lowest BCUT2D eigenvalue weighted by molar-refractivity contribution is -0.145. The SMILES string of the molecule is NC(=O)[C@H](Cc1ccc2ccccc2c1)NC(=O)[C@@H]1CCCCN1C(=O)[C@H](CSCO)NC(=O)CCC(=O)c1ccc(Cl)cc1. The molecule has 0 radical (unpaired) electrons. The van der Waals surface area contributed by atoms with Crippen LogP contribution in [0.15, 0.2) is 66.7 Å². The van der Waals surface area contributed by atoms with Crippen molar-refractivity contribution in [2.24, 2.45) is 5.73 Å². The molecule has 12 heteroatoms. The molecule has 0 aliphatic carbocycles. The number of hydrogen-bond acceptors (Lipinski definition) is 7. The largest absolute Gasteiger partial charge is 0.386 e. The van der Waals surface area contributed by atoms with E-state index >= 15 is 0 Å². The van der Waals surface area contributed by atoms with E-state index in [-0.39, 0.29) is 43.3 Å². The Morgan fingerprint density at radius 1 is 0.933 bits per heavy atom. The highest BCUT2D eigenvalue weighted by molar-refractivity contribution is 7.99. The molecule has 0 bridgehead atoms. The van der Waals surface area contributed by atoms with Gasteiger partial charge >= 0.3 is 0 Å². The van der Waals surface area contributed by atoms with E-state index in [0.717, 1.165) is 28.1 Å². The van der Waals surface area contributed by atoms with Gasteiger partial charge in [-0.25, -0.2) is 0 Å². The van der Waals surface area contributed by atoms with E-state index < -0.39 is 41.8 Å². The molecule has 0 saturated carbocycles. The van der Waals surface area contributed by atoms with Crippen molar-refractivity contribution in [3.05, 3.63) is 82.9 Å². The molecule has 1 saturated heterocycles. The molecule has 3 aromatic carbocycles. The first-order valence-corrected chi connectivity index (χ1v) is 16.3. The first-order valence-electron chi connectivity index (χ1n) is 14.8. The van der Waals surface area contributed by atoms with Gasteiger partial charge in [-0.3, -0.25) is 24.0 Å². The number of amides is 4. The molecule has 1 fully saturated rings. The van der Waals surface area contributed by atoms with Gasteiger partial charge in [0.1, 0.15) is 18.1 Å². The molecule has 0 aromatic heterocycles. The summed E-state index contributed by atoms with van der Waals surface area (Å²) in [6.07, 6.45) is 1.71. The number of nitrogens with zero attached hydrogens (tertiary/aromatic N) is 1. The van der Waals surface area contributed by atoms with Crippen LogP contribution in [0.4, 0.5) is 0 Å². The number of hydrogen-bond donors (Lipinski definition) is 4. The van der Waals surface area contributed by atoms with Gasteiger partial charge in [0.05, 0.1) is 5.94 Å².